The van der Waals surface area contributed by atoms with Crippen LogP contribution in [0, 0.1) is 23.5 Å². The van der Waals surface area contributed by atoms with Gasteiger partial charge in [0.1, 0.15) is 0 Å². The number of rotatable bonds is 3. The van der Waals surface area contributed by atoms with Crippen molar-refractivity contribution in [3.05, 3.63) is 41.7 Å². The normalized spacial score (nSPS) is 23.8. The number of H-pyrrole nitrogens is 1. The van der Waals surface area contributed by atoms with E-state index >= 15 is 0 Å². The number of halogens is 2. The van der Waals surface area contributed by atoms with Gasteiger partial charge in [-0.05, 0) is 55.9 Å². The summed E-state index contributed by atoms with van der Waals surface area (Å²) in [5.74, 6) is -0.525. The lowest BCUT2D eigenvalue weighted by Crippen LogP contribution is -2.42. The van der Waals surface area contributed by atoms with E-state index < -0.39 is 11.6 Å². The number of aromatic amines is 1. The van der Waals surface area contributed by atoms with E-state index in [4.69, 9.17) is 0 Å². The molecule has 2 aliphatic rings. The molecule has 2 heterocycles. The molecule has 1 aromatic carbocycles. The molecule has 1 aromatic heterocycles. The molecule has 4 nitrogen and oxygen atoms in total. The molecular weight excluding hydrogens is 360 g/mol. The van der Waals surface area contributed by atoms with E-state index in [1.54, 1.807) is 18.3 Å². The molecule has 0 unspecified atom stereocenters. The number of hydrogen-bond donors (Lipinski definition) is 1. The molecule has 1 amide bonds. The summed E-state index contributed by atoms with van der Waals surface area (Å²) < 4.78 is 29.3. The van der Waals surface area contributed by atoms with Gasteiger partial charge in [0.15, 0.2) is 11.6 Å². The molecule has 1 N–H and O–H groups in total. The number of nitrogens with one attached hydrogen (secondary N) is 1. The van der Waals surface area contributed by atoms with Crippen LogP contribution in [0.1, 0.15) is 56.9 Å². The predicted octanol–water partition coefficient (Wildman–Crippen LogP) is 4.89. The highest BCUT2D eigenvalue weighted by atomic mass is 19.2. The molecule has 1 aliphatic carbocycles. The van der Waals surface area contributed by atoms with Crippen LogP contribution >= 0.6 is 0 Å². The Balaban J connectivity index is 1.41. The van der Waals surface area contributed by atoms with Gasteiger partial charge in [-0.3, -0.25) is 9.89 Å². The summed E-state index contributed by atoms with van der Waals surface area (Å²) in [6, 6.07) is 3.31. The van der Waals surface area contributed by atoms with E-state index in [2.05, 4.69) is 17.1 Å². The number of aromatic nitrogens is 2. The Hall–Kier alpha value is -2.24. The van der Waals surface area contributed by atoms with Gasteiger partial charge in [0, 0.05) is 36.3 Å². The Morgan fingerprint density at radius 1 is 1.07 bits per heavy atom. The van der Waals surface area contributed by atoms with E-state index in [1.807, 2.05) is 4.90 Å². The SMILES string of the molecule is CC1CCC(C(=O)N2CCC(c3ccc(-c4cn[nH]c4)c(F)c3F)CC2)CC1. The van der Waals surface area contributed by atoms with Gasteiger partial charge in [-0.2, -0.15) is 5.10 Å². The lowest BCUT2D eigenvalue weighted by atomic mass is 9.81. The van der Waals surface area contributed by atoms with Crippen LogP contribution < -0.4 is 0 Å². The Bertz CT molecular complexity index is 821. The first-order valence-electron chi connectivity index (χ1n) is 10.3. The second-order valence-corrected chi connectivity index (χ2v) is 8.37. The van der Waals surface area contributed by atoms with Gasteiger partial charge in [0.2, 0.25) is 5.91 Å². The summed E-state index contributed by atoms with van der Waals surface area (Å²) in [5.41, 5.74) is 1.17. The Labute approximate surface area is 164 Å². The van der Waals surface area contributed by atoms with Crippen LogP contribution in [0.5, 0.6) is 0 Å². The number of likely N-dealkylation sites (tertiary alicyclic amines) is 1. The van der Waals surface area contributed by atoms with Gasteiger partial charge in [-0.1, -0.05) is 19.1 Å². The molecule has 0 bridgehead atoms. The molecule has 150 valence electrons. The fraction of sp³-hybridized carbons (Fsp3) is 0.545. The third-order valence-electron chi connectivity index (χ3n) is 6.53. The number of benzene rings is 1. The molecule has 0 radical (unpaired) electrons. The molecule has 28 heavy (non-hydrogen) atoms. The van der Waals surface area contributed by atoms with E-state index in [0.29, 0.717) is 37.1 Å². The predicted molar refractivity (Wildman–Crippen MR) is 104 cm³/mol. The Morgan fingerprint density at radius 2 is 1.79 bits per heavy atom. The van der Waals surface area contributed by atoms with E-state index in [1.165, 1.54) is 6.20 Å². The van der Waals surface area contributed by atoms with E-state index in [9.17, 15) is 13.6 Å². The largest absolute Gasteiger partial charge is 0.342 e. The minimum absolute atomic E-state index is 0.0525. The topological polar surface area (TPSA) is 49.0 Å². The molecule has 4 rings (SSSR count). The summed E-state index contributed by atoms with van der Waals surface area (Å²) in [7, 11) is 0. The van der Waals surface area contributed by atoms with Gasteiger partial charge < -0.3 is 4.90 Å². The average molecular weight is 387 g/mol. The first-order chi connectivity index (χ1) is 13.5. The van der Waals surface area contributed by atoms with Crippen molar-refractivity contribution in [3.63, 3.8) is 0 Å². The molecule has 1 aliphatic heterocycles. The summed E-state index contributed by atoms with van der Waals surface area (Å²) in [6.45, 7) is 3.50. The highest BCUT2D eigenvalue weighted by molar-refractivity contribution is 5.79. The van der Waals surface area contributed by atoms with Crippen LogP contribution in [0.25, 0.3) is 11.1 Å². The van der Waals surface area contributed by atoms with Crippen LogP contribution in [0.4, 0.5) is 8.78 Å². The summed E-state index contributed by atoms with van der Waals surface area (Å²) in [5, 5.41) is 6.42. The summed E-state index contributed by atoms with van der Waals surface area (Å²) in [4.78, 5) is 14.7. The molecule has 1 saturated carbocycles. The van der Waals surface area contributed by atoms with Crippen molar-refractivity contribution < 1.29 is 13.6 Å². The van der Waals surface area contributed by atoms with Crippen LogP contribution in [0.2, 0.25) is 0 Å². The quantitative estimate of drug-likeness (QED) is 0.815. The minimum Gasteiger partial charge on any atom is -0.342 e. The number of nitrogens with zero attached hydrogens (tertiary/aromatic N) is 2. The maximum Gasteiger partial charge on any atom is 0.225 e. The van der Waals surface area contributed by atoms with Crippen molar-refractivity contribution in [1.82, 2.24) is 15.1 Å². The Kier molecular flexibility index (Phi) is 5.47. The zero-order valence-electron chi connectivity index (χ0n) is 16.3. The number of piperidine rings is 1. The Morgan fingerprint density at radius 3 is 2.43 bits per heavy atom. The smallest absolute Gasteiger partial charge is 0.225 e. The standard InChI is InChI=1S/C22H27F2N3O/c1-14-2-4-16(5-3-14)22(28)27-10-8-15(9-11-27)18-6-7-19(21(24)20(18)23)17-12-25-26-13-17/h6-7,12-16H,2-5,8-11H2,1H3,(H,25,26). The highest BCUT2D eigenvalue weighted by Crippen LogP contribution is 2.35. The zero-order chi connectivity index (χ0) is 19.7. The molecule has 0 spiro atoms. The van der Waals surface area contributed by atoms with Crippen molar-refractivity contribution in [2.24, 2.45) is 11.8 Å². The third kappa shape index (κ3) is 3.69. The molecule has 2 fully saturated rings. The maximum absolute atomic E-state index is 14.7. The molecule has 0 atom stereocenters. The summed E-state index contributed by atoms with van der Waals surface area (Å²) in [6.07, 6.45) is 8.60. The van der Waals surface area contributed by atoms with E-state index in [-0.39, 0.29) is 23.3 Å². The maximum atomic E-state index is 14.7. The monoisotopic (exact) mass is 387 g/mol. The summed E-state index contributed by atoms with van der Waals surface area (Å²) >= 11 is 0. The molecule has 6 heteroatoms. The first-order valence-corrected chi connectivity index (χ1v) is 10.3. The number of amides is 1. The van der Waals surface area contributed by atoms with Gasteiger partial charge in [0.05, 0.1) is 6.20 Å². The zero-order valence-corrected chi connectivity index (χ0v) is 16.3. The molecular formula is C22H27F2N3O. The van der Waals surface area contributed by atoms with Gasteiger partial charge in [-0.25, -0.2) is 8.78 Å². The molecule has 2 aromatic rings. The van der Waals surface area contributed by atoms with Crippen molar-refractivity contribution in [3.8, 4) is 11.1 Å². The minimum atomic E-state index is -0.825. The van der Waals surface area contributed by atoms with Crippen molar-refractivity contribution in [2.75, 3.05) is 13.1 Å². The van der Waals surface area contributed by atoms with Crippen molar-refractivity contribution in [2.45, 2.75) is 51.4 Å². The van der Waals surface area contributed by atoms with Crippen molar-refractivity contribution >= 4 is 5.91 Å². The van der Waals surface area contributed by atoms with Crippen LogP contribution in [0.15, 0.2) is 24.5 Å². The van der Waals surface area contributed by atoms with E-state index in [0.717, 1.165) is 31.6 Å². The number of carbonyl (C=O) groups excluding carboxylic acids is 1. The second kappa shape index (κ2) is 8.02. The lowest BCUT2D eigenvalue weighted by Gasteiger charge is -2.36. The van der Waals surface area contributed by atoms with Gasteiger partial charge >= 0.3 is 0 Å². The van der Waals surface area contributed by atoms with Crippen LogP contribution in [-0.2, 0) is 4.79 Å². The third-order valence-corrected chi connectivity index (χ3v) is 6.53. The average Bonchev–Trinajstić information content (AvgIpc) is 3.25. The number of carbonyl (C=O) groups is 1. The fourth-order valence-electron chi connectivity index (χ4n) is 4.68. The van der Waals surface area contributed by atoms with Gasteiger partial charge in [-0.15, -0.1) is 0 Å². The second-order valence-electron chi connectivity index (χ2n) is 8.37. The highest BCUT2D eigenvalue weighted by Gasteiger charge is 2.32. The van der Waals surface area contributed by atoms with Crippen molar-refractivity contribution in [1.29, 1.82) is 0 Å². The van der Waals surface area contributed by atoms with Crippen LogP contribution in [-0.4, -0.2) is 34.1 Å². The van der Waals surface area contributed by atoms with Gasteiger partial charge in [0.25, 0.3) is 0 Å². The molecule has 1 saturated heterocycles. The first kappa shape index (κ1) is 19.1. The number of hydrogen-bond acceptors (Lipinski definition) is 2. The van der Waals surface area contributed by atoms with Crippen LogP contribution in [0.3, 0.4) is 0 Å². The fourth-order valence-corrected chi connectivity index (χ4v) is 4.68. The lowest BCUT2D eigenvalue weighted by molar-refractivity contribution is -0.137.